The summed E-state index contributed by atoms with van der Waals surface area (Å²) in [6.07, 6.45) is 5.38. The number of aliphatic hydroxyl groups is 1. The molecule has 3 rings (SSSR count). The molecule has 0 bridgehead atoms. The van der Waals surface area contributed by atoms with Gasteiger partial charge in [0.05, 0.1) is 25.9 Å². The van der Waals surface area contributed by atoms with Crippen molar-refractivity contribution >= 4 is 5.91 Å². The van der Waals surface area contributed by atoms with E-state index < -0.39 is 0 Å². The smallest absolute Gasteiger partial charge is 0.220 e. The number of ether oxygens (including phenoxy) is 2. The number of nitrogens with one attached hydrogen (secondary N) is 1. The maximum absolute atomic E-state index is 12.2. The Balaban J connectivity index is 1.48. The Kier molecular flexibility index (Phi) is 6.62. The van der Waals surface area contributed by atoms with Gasteiger partial charge in [-0.05, 0) is 30.2 Å². The van der Waals surface area contributed by atoms with Crippen LogP contribution in [0.2, 0.25) is 0 Å². The minimum absolute atomic E-state index is 0.00288. The Morgan fingerprint density at radius 2 is 2.23 bits per heavy atom. The number of aliphatic hydroxyl groups excluding tert-OH is 1. The topological polar surface area (TPSA) is 85.6 Å². The maximum Gasteiger partial charge on any atom is 0.220 e. The fraction of sp³-hybridized carbons (Fsp3) is 0.474. The summed E-state index contributed by atoms with van der Waals surface area (Å²) in [5.41, 5.74) is 0.839. The van der Waals surface area contributed by atoms with Crippen molar-refractivity contribution in [3.05, 3.63) is 48.3 Å². The predicted octanol–water partition coefficient (Wildman–Crippen LogP) is 1.51. The van der Waals surface area contributed by atoms with Crippen LogP contribution < -0.4 is 10.1 Å². The molecule has 0 unspecified atom stereocenters. The highest BCUT2D eigenvalue weighted by molar-refractivity contribution is 5.76. The number of carbonyl (C=O) groups is 1. The molecule has 1 aliphatic heterocycles. The van der Waals surface area contributed by atoms with E-state index in [4.69, 9.17) is 14.6 Å². The molecule has 1 aliphatic rings. The van der Waals surface area contributed by atoms with Crippen LogP contribution in [0.3, 0.4) is 0 Å². The third kappa shape index (κ3) is 5.31. The van der Waals surface area contributed by atoms with E-state index in [9.17, 15) is 4.79 Å². The van der Waals surface area contributed by atoms with Crippen LogP contribution in [-0.2, 0) is 22.7 Å². The number of nitrogens with zero attached hydrogens (tertiary/aromatic N) is 2. The normalized spacial score (nSPS) is 19.9. The standard InChI is InChI=1S/C19H25N3O4/c23-13-15-4-6-16(7-5-15)26-18-8-12-25-14-17(18)21-19(24)3-1-10-22-11-2-9-20-22/h2,4-7,9,11,17-18,23H,1,3,8,10,12-14H2,(H,21,24)/t17-,18-/m1/s1. The molecule has 0 saturated carbocycles. The summed E-state index contributed by atoms with van der Waals surface area (Å²) in [5, 5.41) is 16.3. The number of benzene rings is 1. The van der Waals surface area contributed by atoms with Gasteiger partial charge in [0.15, 0.2) is 0 Å². The molecule has 1 saturated heterocycles. The fourth-order valence-corrected chi connectivity index (χ4v) is 2.96. The molecule has 2 aromatic rings. The van der Waals surface area contributed by atoms with E-state index in [2.05, 4.69) is 10.4 Å². The summed E-state index contributed by atoms with van der Waals surface area (Å²) < 4.78 is 13.4. The van der Waals surface area contributed by atoms with Crippen LogP contribution in [0.1, 0.15) is 24.8 Å². The third-order valence-electron chi connectivity index (χ3n) is 4.38. The molecule has 0 aliphatic carbocycles. The molecule has 1 aromatic carbocycles. The van der Waals surface area contributed by atoms with Gasteiger partial charge in [0.25, 0.3) is 0 Å². The average molecular weight is 359 g/mol. The highest BCUT2D eigenvalue weighted by atomic mass is 16.5. The summed E-state index contributed by atoms with van der Waals surface area (Å²) in [4.78, 5) is 12.2. The number of amides is 1. The zero-order chi connectivity index (χ0) is 18.2. The van der Waals surface area contributed by atoms with E-state index in [0.717, 1.165) is 30.7 Å². The zero-order valence-corrected chi connectivity index (χ0v) is 14.7. The van der Waals surface area contributed by atoms with Gasteiger partial charge in [-0.25, -0.2) is 0 Å². The van der Waals surface area contributed by atoms with Crippen molar-refractivity contribution in [2.24, 2.45) is 0 Å². The maximum atomic E-state index is 12.2. The van der Waals surface area contributed by atoms with Crippen molar-refractivity contribution in [2.45, 2.75) is 44.6 Å². The number of hydrogen-bond donors (Lipinski definition) is 2. The SMILES string of the molecule is O=C(CCCn1cccn1)N[C@@H]1COCC[C@H]1Oc1ccc(CO)cc1. The number of aromatic nitrogens is 2. The molecule has 2 N–H and O–H groups in total. The third-order valence-corrected chi connectivity index (χ3v) is 4.38. The van der Waals surface area contributed by atoms with Gasteiger partial charge in [0.2, 0.25) is 5.91 Å². The number of hydrogen-bond acceptors (Lipinski definition) is 5. The molecular weight excluding hydrogens is 334 g/mol. The molecule has 0 radical (unpaired) electrons. The van der Waals surface area contributed by atoms with Gasteiger partial charge in [-0.2, -0.15) is 5.10 Å². The van der Waals surface area contributed by atoms with Gasteiger partial charge in [0.1, 0.15) is 11.9 Å². The van der Waals surface area contributed by atoms with Crippen molar-refractivity contribution < 1.29 is 19.4 Å². The monoisotopic (exact) mass is 359 g/mol. The van der Waals surface area contributed by atoms with Crippen LogP contribution in [0, 0.1) is 0 Å². The first-order valence-electron chi connectivity index (χ1n) is 8.95. The lowest BCUT2D eigenvalue weighted by molar-refractivity contribution is -0.124. The van der Waals surface area contributed by atoms with Crippen molar-refractivity contribution in [3.8, 4) is 5.75 Å². The van der Waals surface area contributed by atoms with E-state index in [1.807, 2.05) is 41.2 Å². The molecule has 1 aromatic heterocycles. The summed E-state index contributed by atoms with van der Waals surface area (Å²) in [7, 11) is 0. The second-order valence-electron chi connectivity index (χ2n) is 6.37. The Morgan fingerprint density at radius 1 is 1.38 bits per heavy atom. The van der Waals surface area contributed by atoms with E-state index >= 15 is 0 Å². The van der Waals surface area contributed by atoms with Crippen molar-refractivity contribution in [1.82, 2.24) is 15.1 Å². The fourth-order valence-electron chi connectivity index (χ4n) is 2.96. The predicted molar refractivity (Wildman–Crippen MR) is 95.6 cm³/mol. The summed E-state index contributed by atoms with van der Waals surface area (Å²) in [6, 6.07) is 9.04. The van der Waals surface area contributed by atoms with Crippen LogP contribution >= 0.6 is 0 Å². The molecule has 0 spiro atoms. The lowest BCUT2D eigenvalue weighted by Crippen LogP contribution is -2.51. The molecule has 1 amide bonds. The van der Waals surface area contributed by atoms with Crippen molar-refractivity contribution in [1.29, 1.82) is 0 Å². The van der Waals surface area contributed by atoms with E-state index in [1.165, 1.54) is 0 Å². The van der Waals surface area contributed by atoms with Gasteiger partial charge in [-0.15, -0.1) is 0 Å². The molecule has 2 atom stereocenters. The van der Waals surface area contributed by atoms with E-state index in [-0.39, 0.29) is 24.7 Å². The zero-order valence-electron chi connectivity index (χ0n) is 14.7. The van der Waals surface area contributed by atoms with Gasteiger partial charge in [0, 0.05) is 31.8 Å². The average Bonchev–Trinajstić information content (AvgIpc) is 3.17. The van der Waals surface area contributed by atoms with E-state index in [1.54, 1.807) is 6.20 Å². The van der Waals surface area contributed by atoms with Crippen LogP contribution in [0.15, 0.2) is 42.7 Å². The largest absolute Gasteiger partial charge is 0.488 e. The Labute approximate surface area is 152 Å². The van der Waals surface area contributed by atoms with Crippen molar-refractivity contribution in [2.75, 3.05) is 13.2 Å². The quantitative estimate of drug-likeness (QED) is 0.746. The van der Waals surface area contributed by atoms with Crippen LogP contribution in [-0.4, -0.2) is 46.2 Å². The Hall–Kier alpha value is -2.38. The molecule has 2 heterocycles. The first-order valence-corrected chi connectivity index (χ1v) is 8.95. The number of carbonyl (C=O) groups excluding carboxylic acids is 1. The number of aryl methyl sites for hydroxylation is 1. The van der Waals surface area contributed by atoms with Gasteiger partial charge in [-0.1, -0.05) is 12.1 Å². The van der Waals surface area contributed by atoms with Crippen LogP contribution in [0.4, 0.5) is 0 Å². The first-order chi connectivity index (χ1) is 12.7. The van der Waals surface area contributed by atoms with Gasteiger partial charge in [-0.3, -0.25) is 9.48 Å². The highest BCUT2D eigenvalue weighted by Gasteiger charge is 2.28. The summed E-state index contributed by atoms with van der Waals surface area (Å²) in [5.74, 6) is 0.726. The molecule has 140 valence electrons. The minimum Gasteiger partial charge on any atom is -0.488 e. The van der Waals surface area contributed by atoms with Gasteiger partial charge < -0.3 is 19.9 Å². The lowest BCUT2D eigenvalue weighted by Gasteiger charge is -2.32. The second kappa shape index (κ2) is 9.35. The summed E-state index contributed by atoms with van der Waals surface area (Å²) in [6.45, 7) is 1.79. The molecule has 1 fully saturated rings. The molecule has 7 heteroatoms. The Morgan fingerprint density at radius 3 is 2.96 bits per heavy atom. The summed E-state index contributed by atoms with van der Waals surface area (Å²) >= 11 is 0. The van der Waals surface area contributed by atoms with Gasteiger partial charge >= 0.3 is 0 Å². The van der Waals surface area contributed by atoms with Crippen LogP contribution in [0.25, 0.3) is 0 Å². The van der Waals surface area contributed by atoms with Crippen molar-refractivity contribution in [3.63, 3.8) is 0 Å². The molecule has 26 heavy (non-hydrogen) atoms. The minimum atomic E-state index is -0.168. The first kappa shape index (κ1) is 18.4. The number of rotatable bonds is 8. The molecule has 7 nitrogen and oxygen atoms in total. The molecular formula is C19H25N3O4. The highest BCUT2D eigenvalue weighted by Crippen LogP contribution is 2.19. The van der Waals surface area contributed by atoms with E-state index in [0.29, 0.717) is 19.6 Å². The lowest BCUT2D eigenvalue weighted by atomic mass is 10.1. The van der Waals surface area contributed by atoms with Crippen LogP contribution in [0.5, 0.6) is 5.75 Å². The Bertz CT molecular complexity index is 673. The second-order valence-corrected chi connectivity index (χ2v) is 6.37.